The second kappa shape index (κ2) is 2.15. The van der Waals surface area contributed by atoms with Gasteiger partial charge in [0.05, 0.1) is 18.2 Å². The quantitative estimate of drug-likeness (QED) is 0.235. The van der Waals surface area contributed by atoms with Gasteiger partial charge in [-0.25, -0.2) is 0 Å². The molecule has 1 unspecified atom stereocenters. The van der Waals surface area contributed by atoms with Crippen LogP contribution in [0.2, 0.25) is 0 Å². The second-order valence-electron chi connectivity index (χ2n) is 2.84. The van der Waals surface area contributed by atoms with E-state index in [1.165, 1.54) is 0 Å². The van der Waals surface area contributed by atoms with Crippen LogP contribution in [0.25, 0.3) is 10.4 Å². The van der Waals surface area contributed by atoms with E-state index >= 15 is 0 Å². The van der Waals surface area contributed by atoms with E-state index < -0.39 is 0 Å². The second-order valence-corrected chi connectivity index (χ2v) is 2.84. The topological polar surface area (TPSA) is 61.3 Å². The molecule has 0 N–H and O–H groups in total. The zero-order chi connectivity index (χ0) is 6.97. The van der Waals surface area contributed by atoms with E-state index in [2.05, 4.69) is 10.0 Å². The molecule has 54 valence electrons. The van der Waals surface area contributed by atoms with Crippen molar-refractivity contribution >= 4 is 0 Å². The molecule has 0 aromatic heterocycles. The highest BCUT2D eigenvalue weighted by Gasteiger charge is 2.46. The summed E-state index contributed by atoms with van der Waals surface area (Å²) in [5.74, 6) is 0. The summed E-state index contributed by atoms with van der Waals surface area (Å²) in [5.41, 5.74) is 8.16. The summed E-state index contributed by atoms with van der Waals surface area (Å²) in [6.07, 6.45) is 3.99. The third kappa shape index (κ3) is 0.856. The molecule has 2 fully saturated rings. The number of hydrogen-bond donors (Lipinski definition) is 0. The van der Waals surface area contributed by atoms with E-state index in [1.54, 1.807) is 0 Å². The summed E-state index contributed by atoms with van der Waals surface area (Å²) >= 11 is 0. The van der Waals surface area contributed by atoms with Gasteiger partial charge in [0.25, 0.3) is 0 Å². The maximum Gasteiger partial charge on any atom is 0.0926 e. The first-order valence-electron chi connectivity index (χ1n) is 3.61. The van der Waals surface area contributed by atoms with Crippen molar-refractivity contribution in [1.29, 1.82) is 0 Å². The Bertz CT molecular complexity index is 187. The number of rotatable bonds is 1. The van der Waals surface area contributed by atoms with Crippen LogP contribution in [0.15, 0.2) is 5.11 Å². The molecule has 1 heterocycles. The van der Waals surface area contributed by atoms with Crippen LogP contribution in [-0.2, 0) is 4.74 Å². The fraction of sp³-hybridized carbons (Fsp3) is 1.00. The molecule has 2 aliphatic rings. The standard InChI is InChI=1S/C6H9N3O/c7-9-8-4-2-1-3-5-6(4)10-5/h4-6H,1-3H2/t4?,5-,6+/m0/s1. The van der Waals surface area contributed by atoms with Crippen LogP contribution in [0, 0.1) is 0 Å². The van der Waals surface area contributed by atoms with Gasteiger partial charge < -0.3 is 4.74 Å². The van der Waals surface area contributed by atoms with E-state index in [4.69, 9.17) is 10.3 Å². The Labute approximate surface area is 58.8 Å². The largest absolute Gasteiger partial charge is 0.369 e. The Morgan fingerprint density at radius 3 is 3.20 bits per heavy atom. The van der Waals surface area contributed by atoms with Gasteiger partial charge >= 0.3 is 0 Å². The molecule has 1 aliphatic heterocycles. The van der Waals surface area contributed by atoms with Crippen molar-refractivity contribution in [2.75, 3.05) is 0 Å². The molecule has 0 bridgehead atoms. The minimum atomic E-state index is 0.128. The Morgan fingerprint density at radius 1 is 1.50 bits per heavy atom. The average Bonchev–Trinajstić information content (AvgIpc) is 2.67. The fourth-order valence-electron chi connectivity index (χ4n) is 1.61. The Morgan fingerprint density at radius 2 is 2.40 bits per heavy atom. The lowest BCUT2D eigenvalue weighted by Crippen LogP contribution is -2.18. The zero-order valence-corrected chi connectivity index (χ0v) is 5.60. The number of ether oxygens (including phenoxy) is 1. The first kappa shape index (κ1) is 6.01. The third-order valence-corrected chi connectivity index (χ3v) is 2.19. The van der Waals surface area contributed by atoms with Gasteiger partial charge in [-0.3, -0.25) is 0 Å². The van der Waals surface area contributed by atoms with Crippen molar-refractivity contribution in [3.05, 3.63) is 10.4 Å². The minimum absolute atomic E-state index is 0.128. The molecule has 0 aromatic rings. The maximum absolute atomic E-state index is 8.16. The molecule has 4 nitrogen and oxygen atoms in total. The summed E-state index contributed by atoms with van der Waals surface area (Å²) in [6.45, 7) is 0. The monoisotopic (exact) mass is 139 g/mol. The molecular formula is C6H9N3O. The number of fused-ring (bicyclic) bond motifs is 1. The fourth-order valence-corrected chi connectivity index (χ4v) is 1.61. The van der Waals surface area contributed by atoms with Crippen LogP contribution in [-0.4, -0.2) is 18.2 Å². The number of azide groups is 1. The van der Waals surface area contributed by atoms with Crippen LogP contribution < -0.4 is 0 Å². The lowest BCUT2D eigenvalue weighted by molar-refractivity contribution is 0.359. The molecule has 0 amide bonds. The number of hydrogen-bond acceptors (Lipinski definition) is 2. The molecule has 1 saturated carbocycles. The molecule has 10 heavy (non-hydrogen) atoms. The first-order chi connectivity index (χ1) is 4.92. The van der Waals surface area contributed by atoms with Crippen LogP contribution in [0.5, 0.6) is 0 Å². The average molecular weight is 139 g/mol. The summed E-state index contributed by atoms with van der Waals surface area (Å²) in [4.78, 5) is 2.78. The Kier molecular flexibility index (Phi) is 1.29. The molecule has 4 heteroatoms. The highest BCUT2D eigenvalue weighted by Crippen LogP contribution is 2.38. The first-order valence-corrected chi connectivity index (χ1v) is 3.61. The predicted molar refractivity (Wildman–Crippen MR) is 35.4 cm³/mol. The van der Waals surface area contributed by atoms with Gasteiger partial charge in [-0.2, -0.15) is 0 Å². The molecule has 0 radical (unpaired) electrons. The maximum atomic E-state index is 8.16. The normalized spacial score (nSPS) is 43.4. The third-order valence-electron chi connectivity index (χ3n) is 2.19. The minimum Gasteiger partial charge on any atom is -0.369 e. The van der Waals surface area contributed by atoms with Gasteiger partial charge in [0.15, 0.2) is 0 Å². The van der Waals surface area contributed by atoms with Gasteiger partial charge in [-0.15, -0.1) is 0 Å². The highest BCUT2D eigenvalue weighted by molar-refractivity contribution is 4.98. The molecule has 0 aromatic carbocycles. The van der Waals surface area contributed by atoms with Crippen molar-refractivity contribution in [2.24, 2.45) is 5.11 Å². The van der Waals surface area contributed by atoms with Gasteiger partial charge in [-0.05, 0) is 18.4 Å². The predicted octanol–water partition coefficient (Wildman–Crippen LogP) is 1.62. The number of epoxide rings is 1. The Balaban J connectivity index is 2.01. The van der Waals surface area contributed by atoms with E-state index in [0.717, 1.165) is 19.3 Å². The molecular weight excluding hydrogens is 130 g/mol. The van der Waals surface area contributed by atoms with Crippen LogP contribution in [0.3, 0.4) is 0 Å². The molecule has 2 rings (SSSR count). The van der Waals surface area contributed by atoms with Gasteiger partial charge in [-0.1, -0.05) is 11.5 Å². The van der Waals surface area contributed by atoms with Gasteiger partial charge in [0, 0.05) is 4.91 Å². The van der Waals surface area contributed by atoms with E-state index in [9.17, 15) is 0 Å². The SMILES string of the molecule is [N-]=[N+]=NC1CCC[C@@H]2O[C@H]12. The molecule has 3 atom stereocenters. The Hall–Kier alpha value is -0.730. The van der Waals surface area contributed by atoms with Crippen molar-refractivity contribution in [1.82, 2.24) is 0 Å². The lowest BCUT2D eigenvalue weighted by atomic mass is 9.96. The van der Waals surface area contributed by atoms with E-state index in [1.807, 2.05) is 0 Å². The van der Waals surface area contributed by atoms with Crippen molar-refractivity contribution in [3.8, 4) is 0 Å². The van der Waals surface area contributed by atoms with Crippen LogP contribution in [0.4, 0.5) is 0 Å². The van der Waals surface area contributed by atoms with Gasteiger partial charge in [0.2, 0.25) is 0 Å². The summed E-state index contributed by atoms with van der Waals surface area (Å²) in [6, 6.07) is 0.128. The molecule has 0 spiro atoms. The van der Waals surface area contributed by atoms with Crippen molar-refractivity contribution < 1.29 is 4.74 Å². The lowest BCUT2D eigenvalue weighted by Gasteiger charge is -2.10. The van der Waals surface area contributed by atoms with Crippen molar-refractivity contribution in [2.45, 2.75) is 37.5 Å². The van der Waals surface area contributed by atoms with Crippen molar-refractivity contribution in [3.63, 3.8) is 0 Å². The van der Waals surface area contributed by atoms with E-state index in [0.29, 0.717) is 6.10 Å². The highest BCUT2D eigenvalue weighted by atomic mass is 16.6. The summed E-state index contributed by atoms with van der Waals surface area (Å²) in [5, 5.41) is 3.66. The summed E-state index contributed by atoms with van der Waals surface area (Å²) in [7, 11) is 0. The number of nitrogens with zero attached hydrogens (tertiary/aromatic N) is 3. The van der Waals surface area contributed by atoms with E-state index in [-0.39, 0.29) is 12.1 Å². The summed E-state index contributed by atoms with van der Waals surface area (Å²) < 4.78 is 5.28. The molecule has 1 saturated heterocycles. The smallest absolute Gasteiger partial charge is 0.0926 e. The van der Waals surface area contributed by atoms with Crippen LogP contribution in [0.1, 0.15) is 19.3 Å². The zero-order valence-electron chi connectivity index (χ0n) is 5.60. The van der Waals surface area contributed by atoms with Gasteiger partial charge in [0.1, 0.15) is 0 Å². The van der Waals surface area contributed by atoms with Crippen LogP contribution >= 0.6 is 0 Å². The molecule has 1 aliphatic carbocycles.